The second kappa shape index (κ2) is 5.88. The van der Waals surface area contributed by atoms with Gasteiger partial charge in [0.05, 0.1) is 13.0 Å². The molecular formula is C13H13BrN2O3S. The van der Waals surface area contributed by atoms with Crippen molar-refractivity contribution in [2.24, 2.45) is 0 Å². The zero-order chi connectivity index (χ0) is 14.9. The van der Waals surface area contributed by atoms with Crippen molar-refractivity contribution in [2.75, 3.05) is 0 Å². The minimum Gasteiger partial charge on any atom is -0.481 e. The fraction of sp³-hybridized carbons (Fsp3) is 0.308. The highest BCUT2D eigenvalue weighted by Gasteiger charge is 2.14. The second-order valence-electron chi connectivity index (χ2n) is 4.43. The predicted molar refractivity (Wildman–Crippen MR) is 80.4 cm³/mol. The van der Waals surface area contributed by atoms with Crippen LogP contribution in [-0.4, -0.2) is 20.6 Å². The van der Waals surface area contributed by atoms with Crippen LogP contribution < -0.4 is 5.69 Å². The van der Waals surface area contributed by atoms with Gasteiger partial charge in [0.1, 0.15) is 0 Å². The molecule has 2 aromatic rings. The largest absolute Gasteiger partial charge is 0.481 e. The number of nitrogens with zero attached hydrogens (tertiary/aromatic N) is 2. The number of carboxylic acid groups (broad SMARTS) is 1. The molecular weight excluding hydrogens is 344 g/mol. The number of hydrogen-bond acceptors (Lipinski definition) is 4. The quantitative estimate of drug-likeness (QED) is 0.912. The maximum absolute atomic E-state index is 12.0. The van der Waals surface area contributed by atoms with Gasteiger partial charge in [0.15, 0.2) is 0 Å². The highest BCUT2D eigenvalue weighted by Crippen LogP contribution is 2.21. The molecule has 2 rings (SSSR count). The standard InChI is InChI=1S/C13H13BrN2O3S/c1-7-11(4-12(17)18)8(2)16(13(19)15-7)5-10-3-9(14)6-20-10/h3,6H,4-5H2,1-2H3,(H,17,18). The summed E-state index contributed by atoms with van der Waals surface area (Å²) in [5.41, 5.74) is 1.40. The van der Waals surface area contributed by atoms with E-state index < -0.39 is 5.97 Å². The number of carboxylic acids is 1. The summed E-state index contributed by atoms with van der Waals surface area (Å²) in [6, 6.07) is 1.94. The molecule has 1 N–H and O–H groups in total. The Bertz CT molecular complexity index is 721. The van der Waals surface area contributed by atoms with E-state index in [0.717, 1.165) is 9.35 Å². The van der Waals surface area contributed by atoms with Crippen molar-refractivity contribution in [3.8, 4) is 0 Å². The molecule has 0 aliphatic carbocycles. The summed E-state index contributed by atoms with van der Waals surface area (Å²) < 4.78 is 2.48. The van der Waals surface area contributed by atoms with Crippen LogP contribution >= 0.6 is 27.3 Å². The number of rotatable bonds is 4. The molecule has 0 aliphatic rings. The Hall–Kier alpha value is -1.47. The molecule has 0 aromatic carbocycles. The van der Waals surface area contributed by atoms with Gasteiger partial charge in [-0.1, -0.05) is 0 Å². The lowest BCUT2D eigenvalue weighted by molar-refractivity contribution is -0.136. The molecule has 20 heavy (non-hydrogen) atoms. The zero-order valence-electron chi connectivity index (χ0n) is 11.0. The molecule has 0 bridgehead atoms. The minimum atomic E-state index is -0.929. The third kappa shape index (κ3) is 3.16. The smallest absolute Gasteiger partial charge is 0.348 e. The van der Waals surface area contributed by atoms with E-state index in [1.807, 2.05) is 11.4 Å². The number of halogens is 1. The summed E-state index contributed by atoms with van der Waals surface area (Å²) in [6.07, 6.45) is -0.126. The second-order valence-corrected chi connectivity index (χ2v) is 6.34. The van der Waals surface area contributed by atoms with Crippen LogP contribution in [0.15, 0.2) is 20.7 Å². The minimum absolute atomic E-state index is 0.126. The highest BCUT2D eigenvalue weighted by molar-refractivity contribution is 9.10. The first-order valence-electron chi connectivity index (χ1n) is 5.90. The third-order valence-corrected chi connectivity index (χ3v) is 4.72. The van der Waals surface area contributed by atoms with Crippen LogP contribution in [-0.2, 0) is 17.8 Å². The Kier molecular flexibility index (Phi) is 4.39. The van der Waals surface area contributed by atoms with Gasteiger partial charge in [-0.15, -0.1) is 11.3 Å². The van der Waals surface area contributed by atoms with Crippen LogP contribution in [0.25, 0.3) is 0 Å². The van der Waals surface area contributed by atoms with E-state index in [4.69, 9.17) is 5.11 Å². The van der Waals surface area contributed by atoms with Gasteiger partial charge in [-0.25, -0.2) is 4.79 Å². The van der Waals surface area contributed by atoms with Crippen molar-refractivity contribution in [1.82, 2.24) is 9.55 Å². The van der Waals surface area contributed by atoms with Crippen molar-refractivity contribution in [3.05, 3.63) is 48.2 Å². The zero-order valence-corrected chi connectivity index (χ0v) is 13.4. The van der Waals surface area contributed by atoms with Gasteiger partial charge in [0.25, 0.3) is 0 Å². The van der Waals surface area contributed by atoms with Crippen LogP contribution in [0.3, 0.4) is 0 Å². The Balaban J connectivity index is 2.47. The normalized spacial score (nSPS) is 10.8. The predicted octanol–water partition coefficient (Wildman–Crippen LogP) is 2.36. The molecule has 5 nitrogen and oxygen atoms in total. The van der Waals surface area contributed by atoms with Gasteiger partial charge in [-0.05, 0) is 35.8 Å². The molecule has 0 atom stereocenters. The van der Waals surface area contributed by atoms with E-state index in [0.29, 0.717) is 23.5 Å². The molecule has 0 aliphatic heterocycles. The molecule has 0 saturated carbocycles. The summed E-state index contributed by atoms with van der Waals surface area (Å²) in [7, 11) is 0. The third-order valence-electron chi connectivity index (χ3n) is 3.04. The first-order valence-corrected chi connectivity index (χ1v) is 7.57. The van der Waals surface area contributed by atoms with E-state index in [1.54, 1.807) is 13.8 Å². The number of aliphatic carboxylic acids is 1. The first kappa shape index (κ1) is 14.9. The Morgan fingerprint density at radius 2 is 2.20 bits per heavy atom. The monoisotopic (exact) mass is 356 g/mol. The summed E-state index contributed by atoms with van der Waals surface area (Å²) in [5.74, 6) is -0.929. The van der Waals surface area contributed by atoms with E-state index in [9.17, 15) is 9.59 Å². The Morgan fingerprint density at radius 1 is 1.50 bits per heavy atom. The van der Waals surface area contributed by atoms with Crippen molar-refractivity contribution in [1.29, 1.82) is 0 Å². The molecule has 0 saturated heterocycles. The van der Waals surface area contributed by atoms with Crippen LogP contribution in [0.1, 0.15) is 21.8 Å². The summed E-state index contributed by atoms with van der Waals surface area (Å²) in [5, 5.41) is 10.9. The average Bonchev–Trinajstić information content (AvgIpc) is 2.75. The number of aryl methyl sites for hydroxylation is 1. The lowest BCUT2D eigenvalue weighted by Gasteiger charge is -2.13. The van der Waals surface area contributed by atoms with Crippen molar-refractivity contribution >= 4 is 33.2 Å². The Labute approximate surface area is 128 Å². The summed E-state index contributed by atoms with van der Waals surface area (Å²) in [4.78, 5) is 27.9. The van der Waals surface area contributed by atoms with Gasteiger partial charge >= 0.3 is 11.7 Å². The van der Waals surface area contributed by atoms with Crippen LogP contribution in [0.5, 0.6) is 0 Å². The molecule has 0 fully saturated rings. The fourth-order valence-corrected chi connectivity index (χ4v) is 3.46. The molecule has 2 aromatic heterocycles. The molecule has 2 heterocycles. The van der Waals surface area contributed by atoms with Crippen molar-refractivity contribution in [3.63, 3.8) is 0 Å². The van der Waals surface area contributed by atoms with Crippen LogP contribution in [0.4, 0.5) is 0 Å². The lowest BCUT2D eigenvalue weighted by atomic mass is 10.1. The van der Waals surface area contributed by atoms with Crippen molar-refractivity contribution < 1.29 is 9.90 Å². The molecule has 0 spiro atoms. The van der Waals surface area contributed by atoms with Gasteiger partial charge < -0.3 is 5.11 Å². The van der Waals surface area contributed by atoms with Crippen LogP contribution in [0.2, 0.25) is 0 Å². The first-order chi connectivity index (χ1) is 9.38. The van der Waals surface area contributed by atoms with Gasteiger partial charge in [0.2, 0.25) is 0 Å². The van der Waals surface area contributed by atoms with E-state index >= 15 is 0 Å². The number of aromatic nitrogens is 2. The fourth-order valence-electron chi connectivity index (χ4n) is 2.03. The SMILES string of the molecule is Cc1nc(=O)n(Cc2cc(Br)cs2)c(C)c1CC(=O)O. The molecule has 0 amide bonds. The molecule has 7 heteroatoms. The Morgan fingerprint density at radius 3 is 2.75 bits per heavy atom. The molecule has 0 radical (unpaired) electrons. The number of thiophene rings is 1. The van der Waals surface area contributed by atoms with Gasteiger partial charge in [-0.3, -0.25) is 9.36 Å². The molecule has 0 unspecified atom stereocenters. The number of hydrogen-bond donors (Lipinski definition) is 1. The maximum Gasteiger partial charge on any atom is 0.348 e. The number of carbonyl (C=O) groups is 1. The van der Waals surface area contributed by atoms with E-state index in [1.165, 1.54) is 15.9 Å². The average molecular weight is 357 g/mol. The summed E-state index contributed by atoms with van der Waals surface area (Å²) in [6.45, 7) is 3.83. The van der Waals surface area contributed by atoms with E-state index in [-0.39, 0.29) is 12.1 Å². The highest BCUT2D eigenvalue weighted by atomic mass is 79.9. The van der Waals surface area contributed by atoms with E-state index in [2.05, 4.69) is 20.9 Å². The summed E-state index contributed by atoms with van der Waals surface area (Å²) >= 11 is 4.91. The lowest BCUT2D eigenvalue weighted by Crippen LogP contribution is -2.28. The van der Waals surface area contributed by atoms with Gasteiger partial charge in [0, 0.05) is 31.7 Å². The van der Waals surface area contributed by atoms with Crippen molar-refractivity contribution in [2.45, 2.75) is 26.8 Å². The molecule has 106 valence electrons. The van der Waals surface area contributed by atoms with Gasteiger partial charge in [-0.2, -0.15) is 4.98 Å². The topological polar surface area (TPSA) is 72.2 Å². The van der Waals surface area contributed by atoms with Crippen LogP contribution in [0, 0.1) is 13.8 Å². The maximum atomic E-state index is 12.0.